The summed E-state index contributed by atoms with van der Waals surface area (Å²) >= 11 is 0. The van der Waals surface area contributed by atoms with E-state index in [1.54, 1.807) is 24.1 Å². The summed E-state index contributed by atoms with van der Waals surface area (Å²) in [6.07, 6.45) is 1.57. The Labute approximate surface area is 333 Å². The lowest BCUT2D eigenvalue weighted by atomic mass is 9.90. The van der Waals surface area contributed by atoms with E-state index in [4.69, 9.17) is 6.57 Å². The van der Waals surface area contributed by atoms with Crippen LogP contribution in [0.3, 0.4) is 0 Å². The number of nitrogens with one attached hydrogen (secondary N) is 2. The van der Waals surface area contributed by atoms with Crippen LogP contribution in [0.1, 0.15) is 99.1 Å². The summed E-state index contributed by atoms with van der Waals surface area (Å²) in [4.78, 5) is 77.9. The van der Waals surface area contributed by atoms with Crippen molar-refractivity contribution in [3.8, 4) is 0 Å². The quantitative estimate of drug-likeness (QED) is 0.225. The van der Waals surface area contributed by atoms with Gasteiger partial charge in [-0.1, -0.05) is 6.57 Å². The summed E-state index contributed by atoms with van der Waals surface area (Å²) in [6, 6.07) is 11.2. The van der Waals surface area contributed by atoms with Gasteiger partial charge in [-0.3, -0.25) is 39.1 Å². The summed E-state index contributed by atoms with van der Waals surface area (Å²) in [5.41, 5.74) is 3.53. The summed E-state index contributed by atoms with van der Waals surface area (Å²) in [7, 11) is 1.73. The lowest BCUT2D eigenvalue weighted by molar-refractivity contribution is -0.137. The number of rotatable bonds is 8. The third kappa shape index (κ3) is 7.62. The molecule has 2 aromatic carbocycles. The second-order valence-corrected chi connectivity index (χ2v) is 16.0. The van der Waals surface area contributed by atoms with Crippen LogP contribution in [-0.2, 0) is 28.9 Å². The number of hydrogen-bond acceptors (Lipinski definition) is 9. The summed E-state index contributed by atoms with van der Waals surface area (Å²) < 4.78 is 40.5. The number of carbonyl (C=O) groups excluding carboxylic acids is 5. The predicted octanol–water partition coefficient (Wildman–Crippen LogP) is 5.46. The first-order valence-electron chi connectivity index (χ1n) is 19.7. The van der Waals surface area contributed by atoms with Gasteiger partial charge in [0.2, 0.25) is 11.8 Å². The fraction of sp³-hybridized carbons (Fsp3) is 0.452. The number of anilines is 2. The maximum Gasteiger partial charge on any atom is 0.409 e. The van der Waals surface area contributed by atoms with E-state index in [-0.39, 0.29) is 30.8 Å². The number of hydrogen-bond donors (Lipinski definition) is 2. The number of amides is 5. The zero-order valence-corrected chi connectivity index (χ0v) is 32.0. The Morgan fingerprint density at radius 3 is 2.16 bits per heavy atom. The average molecular weight is 797 g/mol. The fourth-order valence-corrected chi connectivity index (χ4v) is 9.15. The van der Waals surface area contributed by atoms with Crippen molar-refractivity contribution in [3.63, 3.8) is 0 Å². The van der Waals surface area contributed by atoms with Crippen molar-refractivity contribution in [1.29, 1.82) is 0 Å². The molecule has 2 N–H and O–H groups in total. The molecule has 5 heterocycles. The van der Waals surface area contributed by atoms with Crippen LogP contribution in [0.5, 0.6) is 0 Å². The van der Waals surface area contributed by atoms with Crippen LogP contribution in [0.25, 0.3) is 4.85 Å². The monoisotopic (exact) mass is 796 g/mol. The molecule has 1 atom stereocenters. The van der Waals surface area contributed by atoms with Crippen molar-refractivity contribution in [2.45, 2.75) is 88.8 Å². The lowest BCUT2D eigenvalue weighted by Gasteiger charge is -2.36. The molecule has 3 aromatic rings. The SMILES string of the molecule is [C-]#[N+]c1ncc(N(C)C2CCC(NC(=O)c3ccc(N4CCC(CN5Cc6cc7c(cc6C5)C(=O)N(C5CCC(=O)NC5=O)C7=O)CC4)cc3)CC2)cc1C(F)(F)F. The van der Waals surface area contributed by atoms with E-state index in [9.17, 15) is 37.1 Å². The minimum absolute atomic E-state index is 0.0219. The molecule has 1 unspecified atom stereocenters. The van der Waals surface area contributed by atoms with E-state index >= 15 is 0 Å². The molecule has 0 bridgehead atoms. The standard InChI is InChI=1S/C42H43F3N8O5/c1-46-37-34(42(43,44)45)19-31(20-47-37)50(2)29-9-5-28(6-10-29)48-38(55)25-3-7-30(8-4-25)52-15-13-24(14-16-52)21-51-22-26-17-32-33(18-27(26)23-51)41(58)53(40(32)57)35-11-12-36(54)49-39(35)56/h3-4,7-8,17-20,24,28-29,35H,5-6,9-16,21-23H2,2H3,(H,48,55)(H,49,54,56). The number of pyridine rings is 1. The van der Waals surface area contributed by atoms with Gasteiger partial charge in [-0.15, -0.1) is 4.98 Å². The van der Waals surface area contributed by atoms with E-state index in [2.05, 4.69) is 30.3 Å². The molecule has 1 saturated carbocycles. The number of piperidine rings is 2. The maximum atomic E-state index is 13.5. The average Bonchev–Trinajstić information content (AvgIpc) is 3.72. The van der Waals surface area contributed by atoms with Crippen LogP contribution in [0.15, 0.2) is 48.7 Å². The van der Waals surface area contributed by atoms with E-state index in [0.717, 1.165) is 60.3 Å². The van der Waals surface area contributed by atoms with Crippen molar-refractivity contribution >= 4 is 46.7 Å². The normalized spacial score (nSPS) is 22.7. The molecule has 8 rings (SSSR count). The van der Waals surface area contributed by atoms with Crippen molar-refractivity contribution in [2.24, 2.45) is 5.92 Å². The Bertz CT molecular complexity index is 2160. The molecule has 5 aliphatic rings. The molecular formula is C42H43F3N8O5. The predicted molar refractivity (Wildman–Crippen MR) is 206 cm³/mol. The highest BCUT2D eigenvalue weighted by Gasteiger charge is 2.45. The van der Waals surface area contributed by atoms with Crippen LogP contribution < -0.4 is 20.4 Å². The molecule has 16 heteroatoms. The third-order valence-electron chi connectivity index (χ3n) is 12.4. The molecule has 0 radical (unpaired) electrons. The van der Waals surface area contributed by atoms with Gasteiger partial charge in [0.05, 0.1) is 22.4 Å². The highest BCUT2D eigenvalue weighted by molar-refractivity contribution is 6.23. The summed E-state index contributed by atoms with van der Waals surface area (Å²) in [5, 5.41) is 5.36. The van der Waals surface area contributed by atoms with Crippen molar-refractivity contribution in [1.82, 2.24) is 25.4 Å². The molecule has 1 aliphatic carbocycles. The van der Waals surface area contributed by atoms with Crippen LogP contribution in [0, 0.1) is 12.5 Å². The van der Waals surface area contributed by atoms with Gasteiger partial charge in [-0.25, -0.2) is 0 Å². The number of halogens is 3. The zero-order valence-electron chi connectivity index (χ0n) is 32.0. The van der Waals surface area contributed by atoms with Gasteiger partial charge in [0.1, 0.15) is 12.2 Å². The number of nitrogens with zero attached hydrogens (tertiary/aromatic N) is 6. The maximum absolute atomic E-state index is 13.5. The topological polar surface area (TPSA) is 140 Å². The van der Waals surface area contributed by atoms with E-state index in [1.807, 2.05) is 24.3 Å². The summed E-state index contributed by atoms with van der Waals surface area (Å²) in [6.45, 7) is 11.0. The second kappa shape index (κ2) is 15.5. The lowest BCUT2D eigenvalue weighted by Crippen LogP contribution is -2.54. The minimum Gasteiger partial charge on any atom is -0.372 e. The van der Waals surface area contributed by atoms with Crippen LogP contribution >= 0.6 is 0 Å². The van der Waals surface area contributed by atoms with Gasteiger partial charge in [0.25, 0.3) is 23.5 Å². The largest absolute Gasteiger partial charge is 0.409 e. The van der Waals surface area contributed by atoms with Gasteiger partial charge >= 0.3 is 6.18 Å². The third-order valence-corrected chi connectivity index (χ3v) is 12.4. The number of imide groups is 2. The van der Waals surface area contributed by atoms with E-state index < -0.39 is 47.2 Å². The number of benzene rings is 2. The molecule has 0 spiro atoms. The van der Waals surface area contributed by atoms with Crippen LogP contribution in [0.4, 0.5) is 30.4 Å². The Morgan fingerprint density at radius 2 is 1.57 bits per heavy atom. The molecular weight excluding hydrogens is 754 g/mol. The van der Waals surface area contributed by atoms with Crippen LogP contribution in [-0.4, -0.2) is 89.1 Å². The van der Waals surface area contributed by atoms with Gasteiger partial charge in [-0.05, 0) is 104 Å². The molecule has 2 saturated heterocycles. The number of carbonyl (C=O) groups is 5. The molecule has 5 amide bonds. The van der Waals surface area contributed by atoms with Gasteiger partial charge in [-0.2, -0.15) is 13.2 Å². The van der Waals surface area contributed by atoms with Gasteiger partial charge in [0.15, 0.2) is 0 Å². The van der Waals surface area contributed by atoms with Crippen molar-refractivity contribution in [3.05, 3.63) is 93.5 Å². The Kier molecular flexibility index (Phi) is 10.4. The van der Waals surface area contributed by atoms with Crippen LogP contribution in [0.2, 0.25) is 0 Å². The minimum atomic E-state index is -4.67. The Hall–Kier alpha value is -5.82. The first kappa shape index (κ1) is 39.0. The van der Waals surface area contributed by atoms with E-state index in [0.29, 0.717) is 67.1 Å². The Balaban J connectivity index is 0.784. The number of fused-ring (bicyclic) bond motifs is 2. The van der Waals surface area contributed by atoms with Crippen molar-refractivity contribution in [2.75, 3.05) is 36.5 Å². The second-order valence-electron chi connectivity index (χ2n) is 16.0. The number of alkyl halides is 3. The highest BCUT2D eigenvalue weighted by Crippen LogP contribution is 2.39. The van der Waals surface area contributed by atoms with E-state index in [1.165, 1.54) is 6.20 Å². The smallest absolute Gasteiger partial charge is 0.372 e. The molecule has 3 fully saturated rings. The summed E-state index contributed by atoms with van der Waals surface area (Å²) in [5.74, 6) is -2.34. The Morgan fingerprint density at radius 1 is 0.931 bits per heavy atom. The first-order valence-corrected chi connectivity index (χ1v) is 19.7. The van der Waals surface area contributed by atoms with Gasteiger partial charge < -0.3 is 20.0 Å². The van der Waals surface area contributed by atoms with Crippen molar-refractivity contribution < 1.29 is 37.1 Å². The fourth-order valence-electron chi connectivity index (χ4n) is 9.15. The molecule has 302 valence electrons. The highest BCUT2D eigenvalue weighted by atomic mass is 19.4. The molecule has 58 heavy (non-hydrogen) atoms. The molecule has 13 nitrogen and oxygen atoms in total. The molecule has 1 aromatic heterocycles. The van der Waals surface area contributed by atoms with Gasteiger partial charge in [0, 0.05) is 69.5 Å². The molecule has 4 aliphatic heterocycles. The number of aromatic nitrogens is 1. The first-order chi connectivity index (χ1) is 27.8. The zero-order chi connectivity index (χ0) is 40.9.